The van der Waals surface area contributed by atoms with Gasteiger partial charge in [-0.15, -0.1) is 0 Å². The Morgan fingerprint density at radius 3 is 2.62 bits per heavy atom. The van der Waals surface area contributed by atoms with Gasteiger partial charge in [-0.05, 0) is 32.2 Å². The van der Waals surface area contributed by atoms with Crippen LogP contribution in [0.2, 0.25) is 0 Å². The van der Waals surface area contributed by atoms with Gasteiger partial charge in [-0.2, -0.15) is 0 Å². The van der Waals surface area contributed by atoms with Gasteiger partial charge in [0, 0.05) is 19.4 Å². The first-order valence-corrected chi connectivity index (χ1v) is 6.15. The maximum absolute atomic E-state index is 11.8. The molecule has 4 heteroatoms. The van der Waals surface area contributed by atoms with E-state index >= 15 is 0 Å². The van der Waals surface area contributed by atoms with Crippen molar-refractivity contribution >= 4 is 5.97 Å². The molecule has 2 aliphatic carbocycles. The van der Waals surface area contributed by atoms with Gasteiger partial charge in [0.15, 0.2) is 0 Å². The first-order chi connectivity index (χ1) is 7.70. The molecule has 4 nitrogen and oxygen atoms in total. The van der Waals surface area contributed by atoms with E-state index in [0.29, 0.717) is 6.61 Å². The van der Waals surface area contributed by atoms with Crippen molar-refractivity contribution < 1.29 is 14.3 Å². The maximum Gasteiger partial charge on any atom is 0.326 e. The highest BCUT2D eigenvalue weighted by Gasteiger charge is 2.51. The van der Waals surface area contributed by atoms with E-state index in [9.17, 15) is 4.79 Å². The highest BCUT2D eigenvalue weighted by Crippen LogP contribution is 2.37. The van der Waals surface area contributed by atoms with Crippen molar-refractivity contribution in [3.8, 4) is 0 Å². The van der Waals surface area contributed by atoms with Crippen molar-refractivity contribution in [1.29, 1.82) is 0 Å². The summed E-state index contributed by atoms with van der Waals surface area (Å²) < 4.78 is 10.4. The van der Waals surface area contributed by atoms with Crippen LogP contribution in [0, 0.1) is 5.92 Å². The predicted octanol–water partition coefficient (Wildman–Crippen LogP) is 1.10. The largest absolute Gasteiger partial charge is 0.468 e. The van der Waals surface area contributed by atoms with Crippen LogP contribution in [0.3, 0.4) is 0 Å². The second-order valence-corrected chi connectivity index (χ2v) is 4.88. The molecule has 0 bridgehead atoms. The molecule has 0 aromatic carbocycles. The highest BCUT2D eigenvalue weighted by atomic mass is 16.5. The minimum atomic E-state index is -0.461. The smallest absolute Gasteiger partial charge is 0.326 e. The third-order valence-corrected chi connectivity index (χ3v) is 3.56. The van der Waals surface area contributed by atoms with Crippen molar-refractivity contribution in [2.24, 2.45) is 5.92 Å². The van der Waals surface area contributed by atoms with E-state index in [0.717, 1.165) is 25.3 Å². The lowest BCUT2D eigenvalue weighted by Gasteiger charge is -2.45. The quantitative estimate of drug-likeness (QED) is 0.690. The van der Waals surface area contributed by atoms with Crippen LogP contribution < -0.4 is 5.32 Å². The first kappa shape index (κ1) is 11.9. The van der Waals surface area contributed by atoms with E-state index in [2.05, 4.69) is 5.32 Å². The minimum Gasteiger partial charge on any atom is -0.468 e. The number of methoxy groups -OCH3 is 1. The van der Waals surface area contributed by atoms with Crippen LogP contribution in [0.15, 0.2) is 0 Å². The van der Waals surface area contributed by atoms with Crippen LogP contribution in [-0.4, -0.2) is 37.9 Å². The Bertz CT molecular complexity index is 257. The van der Waals surface area contributed by atoms with Crippen molar-refractivity contribution in [1.82, 2.24) is 5.32 Å². The summed E-state index contributed by atoms with van der Waals surface area (Å²) in [5, 5.41) is 3.38. The van der Waals surface area contributed by atoms with Crippen LogP contribution in [0.25, 0.3) is 0 Å². The molecule has 1 N–H and O–H groups in total. The van der Waals surface area contributed by atoms with Gasteiger partial charge >= 0.3 is 5.97 Å². The summed E-state index contributed by atoms with van der Waals surface area (Å²) in [5.41, 5.74) is -0.461. The molecule has 0 saturated heterocycles. The fourth-order valence-corrected chi connectivity index (χ4v) is 2.31. The molecule has 2 aliphatic rings. The monoisotopic (exact) mass is 227 g/mol. The highest BCUT2D eigenvalue weighted by molar-refractivity contribution is 5.82. The van der Waals surface area contributed by atoms with Gasteiger partial charge in [0.05, 0.1) is 13.2 Å². The van der Waals surface area contributed by atoms with Crippen molar-refractivity contribution in [2.75, 3.05) is 20.3 Å². The van der Waals surface area contributed by atoms with E-state index in [-0.39, 0.29) is 12.1 Å². The SMILES string of the molecule is CCOC1CC(NCC2CC2)(C(=O)OC)C1. The number of esters is 1. The Balaban J connectivity index is 1.85. The summed E-state index contributed by atoms with van der Waals surface area (Å²) >= 11 is 0. The number of hydrogen-bond acceptors (Lipinski definition) is 4. The zero-order valence-electron chi connectivity index (χ0n) is 10.1. The third kappa shape index (κ3) is 2.38. The number of hydrogen-bond donors (Lipinski definition) is 1. The molecule has 0 atom stereocenters. The fourth-order valence-electron chi connectivity index (χ4n) is 2.31. The topological polar surface area (TPSA) is 47.6 Å². The van der Waals surface area contributed by atoms with Crippen LogP contribution in [0.5, 0.6) is 0 Å². The molecule has 0 heterocycles. The molecule has 0 aromatic heterocycles. The van der Waals surface area contributed by atoms with E-state index in [4.69, 9.17) is 9.47 Å². The number of carbonyl (C=O) groups is 1. The normalized spacial score (nSPS) is 33.2. The van der Waals surface area contributed by atoms with Crippen LogP contribution in [0.1, 0.15) is 32.6 Å². The number of nitrogens with one attached hydrogen (secondary N) is 1. The van der Waals surface area contributed by atoms with E-state index in [1.54, 1.807) is 0 Å². The average Bonchev–Trinajstić information content (AvgIpc) is 3.04. The van der Waals surface area contributed by atoms with Gasteiger partial charge in [0.2, 0.25) is 0 Å². The molecular formula is C12H21NO3. The summed E-state index contributed by atoms with van der Waals surface area (Å²) in [5.74, 6) is 0.636. The number of ether oxygens (including phenoxy) is 2. The molecule has 0 radical (unpaired) electrons. The molecule has 0 unspecified atom stereocenters. The Labute approximate surface area is 96.7 Å². The van der Waals surface area contributed by atoms with Gasteiger partial charge in [0.1, 0.15) is 5.54 Å². The second kappa shape index (κ2) is 4.72. The van der Waals surface area contributed by atoms with E-state index < -0.39 is 5.54 Å². The lowest BCUT2D eigenvalue weighted by Crippen LogP contribution is -2.64. The standard InChI is InChI=1S/C12H21NO3/c1-3-16-10-6-12(7-10,11(14)15-2)13-8-9-4-5-9/h9-10,13H,3-8H2,1-2H3. The summed E-state index contributed by atoms with van der Waals surface area (Å²) in [6.45, 7) is 3.63. The Kier molecular flexibility index (Phi) is 3.50. The van der Waals surface area contributed by atoms with Gasteiger partial charge in [-0.1, -0.05) is 0 Å². The molecular weight excluding hydrogens is 206 g/mol. The van der Waals surface area contributed by atoms with E-state index in [1.807, 2.05) is 6.92 Å². The Morgan fingerprint density at radius 1 is 1.44 bits per heavy atom. The zero-order valence-corrected chi connectivity index (χ0v) is 10.1. The molecule has 2 rings (SSSR count). The molecule has 0 amide bonds. The van der Waals surface area contributed by atoms with Crippen LogP contribution in [0.4, 0.5) is 0 Å². The Hall–Kier alpha value is -0.610. The molecule has 0 aromatic rings. The second-order valence-electron chi connectivity index (χ2n) is 4.88. The van der Waals surface area contributed by atoms with Crippen molar-refractivity contribution in [3.63, 3.8) is 0 Å². The summed E-state index contributed by atoms with van der Waals surface area (Å²) in [6, 6.07) is 0. The minimum absolute atomic E-state index is 0.135. The van der Waals surface area contributed by atoms with Gasteiger partial charge < -0.3 is 14.8 Å². The van der Waals surface area contributed by atoms with Gasteiger partial charge in [-0.25, -0.2) is 0 Å². The van der Waals surface area contributed by atoms with E-state index in [1.165, 1.54) is 20.0 Å². The molecule has 16 heavy (non-hydrogen) atoms. The van der Waals surface area contributed by atoms with Gasteiger partial charge in [0.25, 0.3) is 0 Å². The first-order valence-electron chi connectivity index (χ1n) is 6.15. The molecule has 2 saturated carbocycles. The van der Waals surface area contributed by atoms with Crippen LogP contribution in [-0.2, 0) is 14.3 Å². The number of rotatable bonds is 6. The summed E-state index contributed by atoms with van der Waals surface area (Å²) in [6.07, 6.45) is 4.30. The van der Waals surface area contributed by atoms with Crippen molar-refractivity contribution in [2.45, 2.75) is 44.2 Å². The number of carbonyl (C=O) groups excluding carboxylic acids is 1. The predicted molar refractivity (Wildman–Crippen MR) is 60.1 cm³/mol. The maximum atomic E-state index is 11.8. The zero-order chi connectivity index (χ0) is 11.6. The summed E-state index contributed by atoms with van der Waals surface area (Å²) in [7, 11) is 1.46. The summed E-state index contributed by atoms with van der Waals surface area (Å²) in [4.78, 5) is 11.8. The molecule has 2 fully saturated rings. The fraction of sp³-hybridized carbons (Fsp3) is 0.917. The van der Waals surface area contributed by atoms with Crippen molar-refractivity contribution in [3.05, 3.63) is 0 Å². The third-order valence-electron chi connectivity index (χ3n) is 3.56. The molecule has 0 aliphatic heterocycles. The molecule has 92 valence electrons. The molecule has 0 spiro atoms. The lowest BCUT2D eigenvalue weighted by atomic mass is 9.74. The Morgan fingerprint density at radius 2 is 2.12 bits per heavy atom. The van der Waals surface area contributed by atoms with Crippen LogP contribution >= 0.6 is 0 Å². The van der Waals surface area contributed by atoms with Gasteiger partial charge in [-0.3, -0.25) is 4.79 Å². The lowest BCUT2D eigenvalue weighted by molar-refractivity contribution is -0.161. The average molecular weight is 227 g/mol.